The zero-order valence-corrected chi connectivity index (χ0v) is 11.1. The van der Waals surface area contributed by atoms with E-state index in [0.717, 1.165) is 31.5 Å². The molecular formula is C13H17ClFN3. The van der Waals surface area contributed by atoms with Crippen LogP contribution in [0.3, 0.4) is 0 Å². The fraction of sp³-hybridized carbons (Fsp3) is 0.385. The van der Waals surface area contributed by atoms with Gasteiger partial charge in [-0.2, -0.15) is 0 Å². The highest BCUT2D eigenvalue weighted by molar-refractivity contribution is 5.14. The Morgan fingerprint density at radius 1 is 1.28 bits per heavy atom. The summed E-state index contributed by atoms with van der Waals surface area (Å²) in [7, 11) is 0. The topological polar surface area (TPSA) is 21.7 Å². The molecule has 0 N–H and O–H groups in total. The molecule has 1 aromatic heterocycles. The minimum Gasteiger partial charge on any atom is -1.00 e. The van der Waals surface area contributed by atoms with Crippen LogP contribution < -0.4 is 17.0 Å². The first-order valence-corrected chi connectivity index (χ1v) is 5.94. The molecule has 98 valence electrons. The summed E-state index contributed by atoms with van der Waals surface area (Å²) in [5.74, 6) is -0.197. The number of hydrogen-bond acceptors (Lipinski definition) is 1. The Morgan fingerprint density at radius 2 is 2.00 bits per heavy atom. The molecule has 0 atom stereocenters. The van der Waals surface area contributed by atoms with Crippen molar-refractivity contribution in [1.82, 2.24) is 9.78 Å². The second-order valence-corrected chi connectivity index (χ2v) is 4.16. The summed E-state index contributed by atoms with van der Waals surface area (Å²) >= 11 is 0. The molecule has 0 aliphatic carbocycles. The number of hydrogen-bond donors (Lipinski definition) is 0. The molecule has 3 nitrogen and oxygen atoms in total. The average molecular weight is 270 g/mol. The first-order valence-electron chi connectivity index (χ1n) is 5.94. The number of benzene rings is 1. The van der Waals surface area contributed by atoms with Gasteiger partial charge in [0, 0.05) is 5.10 Å². The lowest BCUT2D eigenvalue weighted by Crippen LogP contribution is -3.00. The van der Waals surface area contributed by atoms with E-state index in [0.29, 0.717) is 0 Å². The van der Waals surface area contributed by atoms with Gasteiger partial charge in [0.15, 0.2) is 0 Å². The van der Waals surface area contributed by atoms with Crippen molar-refractivity contribution in [2.75, 3.05) is 0 Å². The quantitative estimate of drug-likeness (QED) is 0.649. The van der Waals surface area contributed by atoms with Crippen LogP contribution in [-0.2, 0) is 13.1 Å². The smallest absolute Gasteiger partial charge is 0.265 e. The Bertz CT molecular complexity index is 467. The van der Waals surface area contributed by atoms with E-state index in [1.807, 2.05) is 15.6 Å². The number of nitrogens with zero attached hydrogens (tertiary/aromatic N) is 3. The Kier molecular flexibility index (Phi) is 5.78. The summed E-state index contributed by atoms with van der Waals surface area (Å²) in [6.45, 7) is 3.84. The summed E-state index contributed by atoms with van der Waals surface area (Å²) in [6.07, 6.45) is 6.09. The van der Waals surface area contributed by atoms with E-state index in [1.165, 1.54) is 12.1 Å². The van der Waals surface area contributed by atoms with Gasteiger partial charge in [-0.1, -0.05) is 25.5 Å². The summed E-state index contributed by atoms with van der Waals surface area (Å²) in [4.78, 5) is 0. The molecular weight excluding hydrogens is 253 g/mol. The number of aryl methyl sites for hydroxylation is 1. The fourth-order valence-electron chi connectivity index (χ4n) is 1.68. The fourth-order valence-corrected chi connectivity index (χ4v) is 1.68. The van der Waals surface area contributed by atoms with Crippen molar-refractivity contribution in [2.45, 2.75) is 32.9 Å². The van der Waals surface area contributed by atoms with Crippen molar-refractivity contribution < 1.29 is 21.4 Å². The normalized spacial score (nSPS) is 10.1. The van der Waals surface area contributed by atoms with Crippen LogP contribution in [0.25, 0.3) is 0 Å². The van der Waals surface area contributed by atoms with Gasteiger partial charge in [0.05, 0.1) is 6.54 Å². The minimum absolute atomic E-state index is 0. The molecule has 1 heterocycles. The van der Waals surface area contributed by atoms with E-state index in [-0.39, 0.29) is 18.2 Å². The van der Waals surface area contributed by atoms with Crippen molar-refractivity contribution in [1.29, 1.82) is 0 Å². The van der Waals surface area contributed by atoms with E-state index < -0.39 is 0 Å². The number of aromatic nitrogens is 3. The lowest BCUT2D eigenvalue weighted by atomic mass is 10.2. The maximum Gasteiger partial charge on any atom is 0.265 e. The van der Waals surface area contributed by atoms with Gasteiger partial charge >= 0.3 is 0 Å². The van der Waals surface area contributed by atoms with E-state index in [9.17, 15) is 4.39 Å². The summed E-state index contributed by atoms with van der Waals surface area (Å²) < 4.78 is 16.7. The molecule has 0 fully saturated rings. The molecule has 0 radical (unpaired) electrons. The van der Waals surface area contributed by atoms with Gasteiger partial charge in [-0.15, -0.1) is 4.68 Å². The SMILES string of the molecule is CCCCn1c[n+](Cc2ccc(F)cc2)cn1.[Cl-]. The Balaban J connectivity index is 0.00000162. The van der Waals surface area contributed by atoms with Crippen LogP contribution >= 0.6 is 0 Å². The third kappa shape index (κ3) is 4.11. The molecule has 1 aromatic carbocycles. The van der Waals surface area contributed by atoms with Crippen molar-refractivity contribution in [3.8, 4) is 0 Å². The van der Waals surface area contributed by atoms with Crippen molar-refractivity contribution in [3.05, 3.63) is 48.3 Å². The zero-order chi connectivity index (χ0) is 12.1. The van der Waals surface area contributed by atoms with Gasteiger partial charge in [0.1, 0.15) is 12.4 Å². The van der Waals surface area contributed by atoms with Crippen LogP contribution in [0, 0.1) is 5.82 Å². The molecule has 0 spiro atoms. The zero-order valence-electron chi connectivity index (χ0n) is 10.4. The highest BCUT2D eigenvalue weighted by Gasteiger charge is 2.05. The molecule has 0 saturated carbocycles. The molecule has 2 rings (SSSR count). The first kappa shape index (κ1) is 14.6. The lowest BCUT2D eigenvalue weighted by molar-refractivity contribution is -0.689. The molecule has 0 saturated heterocycles. The third-order valence-corrected chi connectivity index (χ3v) is 2.65. The van der Waals surface area contributed by atoms with Crippen LogP contribution in [-0.4, -0.2) is 9.78 Å². The van der Waals surface area contributed by atoms with Crippen LogP contribution in [0.5, 0.6) is 0 Å². The predicted octanol–water partition coefficient (Wildman–Crippen LogP) is -0.838. The van der Waals surface area contributed by atoms with Gasteiger partial charge in [0.2, 0.25) is 6.33 Å². The van der Waals surface area contributed by atoms with Gasteiger partial charge in [-0.25, -0.2) is 8.96 Å². The standard InChI is InChI=1S/C13H17FN3.ClH/c1-2-3-8-17-11-16(10-15-17)9-12-4-6-13(14)7-5-12;/h4-7,10-11H,2-3,8-9H2,1H3;1H/q+1;/p-1. The van der Waals surface area contributed by atoms with E-state index in [4.69, 9.17) is 0 Å². The molecule has 2 aromatic rings. The molecule has 0 aliphatic rings. The summed E-state index contributed by atoms with van der Waals surface area (Å²) in [5.41, 5.74) is 1.08. The van der Waals surface area contributed by atoms with Crippen molar-refractivity contribution in [3.63, 3.8) is 0 Å². The van der Waals surface area contributed by atoms with Crippen molar-refractivity contribution in [2.24, 2.45) is 0 Å². The van der Waals surface area contributed by atoms with Gasteiger partial charge in [-0.3, -0.25) is 0 Å². The highest BCUT2D eigenvalue weighted by Crippen LogP contribution is 2.01. The van der Waals surface area contributed by atoms with E-state index in [2.05, 4.69) is 12.0 Å². The van der Waals surface area contributed by atoms with Gasteiger partial charge in [0.25, 0.3) is 6.33 Å². The van der Waals surface area contributed by atoms with Gasteiger partial charge < -0.3 is 12.4 Å². The molecule has 18 heavy (non-hydrogen) atoms. The average Bonchev–Trinajstić information content (AvgIpc) is 2.77. The Labute approximate surface area is 113 Å². The molecule has 5 heteroatoms. The van der Waals surface area contributed by atoms with Crippen molar-refractivity contribution >= 4 is 0 Å². The molecule has 0 aliphatic heterocycles. The number of halogens is 2. The Morgan fingerprint density at radius 3 is 2.67 bits per heavy atom. The monoisotopic (exact) mass is 269 g/mol. The van der Waals surface area contributed by atoms with E-state index in [1.54, 1.807) is 18.5 Å². The first-order chi connectivity index (χ1) is 8.28. The summed E-state index contributed by atoms with van der Waals surface area (Å²) in [5, 5.41) is 4.27. The lowest BCUT2D eigenvalue weighted by Gasteiger charge is -1.97. The molecule has 0 amide bonds. The maximum absolute atomic E-state index is 12.7. The Hall–Kier alpha value is -1.42. The van der Waals surface area contributed by atoms with Crippen LogP contribution in [0.15, 0.2) is 36.9 Å². The third-order valence-electron chi connectivity index (χ3n) is 2.65. The molecule has 0 unspecified atom stereocenters. The number of unbranched alkanes of at least 4 members (excludes halogenated alkanes) is 1. The molecule has 0 bridgehead atoms. The minimum atomic E-state index is -0.197. The van der Waals surface area contributed by atoms with Crippen LogP contribution in [0.2, 0.25) is 0 Å². The van der Waals surface area contributed by atoms with Crippen LogP contribution in [0.1, 0.15) is 25.3 Å². The summed E-state index contributed by atoms with van der Waals surface area (Å²) in [6, 6.07) is 6.56. The highest BCUT2D eigenvalue weighted by atomic mass is 35.5. The second kappa shape index (κ2) is 7.11. The van der Waals surface area contributed by atoms with E-state index >= 15 is 0 Å². The number of rotatable bonds is 5. The predicted molar refractivity (Wildman–Crippen MR) is 62.8 cm³/mol. The maximum atomic E-state index is 12.7. The van der Waals surface area contributed by atoms with Gasteiger partial charge in [-0.05, 0) is 24.1 Å². The largest absolute Gasteiger partial charge is 1.00 e. The second-order valence-electron chi connectivity index (χ2n) is 4.16. The van der Waals surface area contributed by atoms with Crippen LogP contribution in [0.4, 0.5) is 4.39 Å².